The summed E-state index contributed by atoms with van der Waals surface area (Å²) >= 11 is 5.94. The van der Waals surface area contributed by atoms with Gasteiger partial charge in [0.05, 0.1) is 24.5 Å². The molecule has 0 amide bonds. The molecular weight excluding hydrogens is 454 g/mol. The Hall–Kier alpha value is -2.94. The van der Waals surface area contributed by atoms with E-state index >= 15 is 0 Å². The Balaban J connectivity index is 1.21. The number of hydrogen-bond donors (Lipinski definition) is 2. The van der Waals surface area contributed by atoms with Crippen LogP contribution in [0.1, 0.15) is 36.1 Å². The van der Waals surface area contributed by atoms with Gasteiger partial charge >= 0.3 is 5.97 Å². The molecule has 2 aliphatic rings. The highest BCUT2D eigenvalue weighted by Crippen LogP contribution is 2.19. The summed E-state index contributed by atoms with van der Waals surface area (Å²) in [7, 11) is 0. The molecule has 0 aromatic heterocycles. The van der Waals surface area contributed by atoms with Gasteiger partial charge in [0.15, 0.2) is 0 Å². The largest absolute Gasteiger partial charge is 0.480 e. The van der Waals surface area contributed by atoms with Crippen molar-refractivity contribution in [1.82, 2.24) is 15.2 Å². The van der Waals surface area contributed by atoms with Crippen LogP contribution in [-0.4, -0.2) is 78.2 Å². The maximum atomic E-state index is 10.9. The second-order valence-corrected chi connectivity index (χ2v) is 9.16. The molecule has 0 bridgehead atoms. The number of nitrogens with zero attached hydrogens (tertiary/aromatic N) is 4. The number of hydrazone groups is 1. The molecule has 2 aromatic carbocycles. The first-order valence-electron chi connectivity index (χ1n) is 11.5. The number of aliphatic carboxylic acids is 1. The van der Waals surface area contributed by atoms with Crippen molar-refractivity contribution in [2.24, 2.45) is 10.3 Å². The molecule has 0 spiro atoms. The standard InChI is InChI=1S/C25H30ClN5O3/c1-18(20-6-8-22(26)9-7-20)28-27-15-19-2-4-21(5-3-19)24-14-23(34-29-24)16-30-10-12-31(13-11-30)17-25(32)33/h2-9,15,18,23,28H,10-14,16-17H2,1H3,(H,32,33)/b27-15+. The van der Waals surface area contributed by atoms with Crippen LogP contribution >= 0.6 is 11.6 Å². The number of piperazine rings is 1. The van der Waals surface area contributed by atoms with Gasteiger partial charge in [0.2, 0.25) is 0 Å². The first-order chi connectivity index (χ1) is 16.5. The highest BCUT2D eigenvalue weighted by atomic mass is 35.5. The van der Waals surface area contributed by atoms with E-state index < -0.39 is 5.97 Å². The van der Waals surface area contributed by atoms with Crippen molar-refractivity contribution in [3.8, 4) is 0 Å². The third-order valence-corrected chi connectivity index (χ3v) is 6.37. The zero-order chi connectivity index (χ0) is 23.9. The number of carbonyl (C=O) groups is 1. The Labute approximate surface area is 204 Å². The van der Waals surface area contributed by atoms with E-state index in [1.54, 1.807) is 6.21 Å². The Morgan fingerprint density at radius 3 is 2.53 bits per heavy atom. The summed E-state index contributed by atoms with van der Waals surface area (Å²) in [5.41, 5.74) is 7.25. The Morgan fingerprint density at radius 2 is 1.85 bits per heavy atom. The van der Waals surface area contributed by atoms with Gasteiger partial charge in [-0.05, 0) is 35.7 Å². The Bertz CT molecular complexity index is 1020. The van der Waals surface area contributed by atoms with E-state index in [9.17, 15) is 4.79 Å². The van der Waals surface area contributed by atoms with Gasteiger partial charge in [-0.1, -0.05) is 53.2 Å². The lowest BCUT2D eigenvalue weighted by atomic mass is 10.0. The topological polar surface area (TPSA) is 89.8 Å². The van der Waals surface area contributed by atoms with Crippen LogP contribution in [0.4, 0.5) is 0 Å². The Morgan fingerprint density at radius 1 is 1.18 bits per heavy atom. The van der Waals surface area contributed by atoms with E-state index in [2.05, 4.69) is 20.6 Å². The highest BCUT2D eigenvalue weighted by molar-refractivity contribution is 6.30. The second-order valence-electron chi connectivity index (χ2n) is 8.72. The minimum absolute atomic E-state index is 0.0285. The normalized spacial score (nSPS) is 20.2. The lowest BCUT2D eigenvalue weighted by Crippen LogP contribution is -2.49. The number of halogens is 1. The van der Waals surface area contributed by atoms with E-state index in [1.165, 1.54) is 0 Å². The third kappa shape index (κ3) is 6.79. The molecule has 2 aliphatic heterocycles. The lowest BCUT2D eigenvalue weighted by molar-refractivity contribution is -0.138. The first-order valence-corrected chi connectivity index (χ1v) is 11.9. The number of carboxylic acid groups (broad SMARTS) is 1. The van der Waals surface area contributed by atoms with E-state index in [0.29, 0.717) is 0 Å². The van der Waals surface area contributed by atoms with Gasteiger partial charge in [-0.15, -0.1) is 0 Å². The molecule has 4 rings (SSSR count). The van der Waals surface area contributed by atoms with Crippen molar-refractivity contribution in [3.63, 3.8) is 0 Å². The van der Waals surface area contributed by atoms with E-state index in [1.807, 2.05) is 60.4 Å². The van der Waals surface area contributed by atoms with Gasteiger partial charge < -0.3 is 15.4 Å². The number of oxime groups is 1. The minimum Gasteiger partial charge on any atom is -0.480 e. The fourth-order valence-electron chi connectivity index (χ4n) is 4.12. The average Bonchev–Trinajstić information content (AvgIpc) is 3.29. The van der Waals surface area contributed by atoms with Crippen molar-refractivity contribution in [2.75, 3.05) is 39.3 Å². The van der Waals surface area contributed by atoms with Gasteiger partial charge in [-0.25, -0.2) is 0 Å². The van der Waals surface area contributed by atoms with Crippen molar-refractivity contribution in [3.05, 3.63) is 70.2 Å². The summed E-state index contributed by atoms with van der Waals surface area (Å²) in [6.45, 7) is 6.19. The number of rotatable bonds is 9. The molecule has 180 valence electrons. The Kier molecular flexibility index (Phi) is 8.16. The predicted octanol–water partition coefficient (Wildman–Crippen LogP) is 3.22. The maximum Gasteiger partial charge on any atom is 0.317 e. The molecule has 1 saturated heterocycles. The van der Waals surface area contributed by atoms with Gasteiger partial charge in [0.1, 0.15) is 6.10 Å². The number of benzene rings is 2. The van der Waals surface area contributed by atoms with Crippen molar-refractivity contribution in [1.29, 1.82) is 0 Å². The minimum atomic E-state index is -0.772. The van der Waals surface area contributed by atoms with Crippen LogP contribution in [0, 0.1) is 0 Å². The van der Waals surface area contributed by atoms with Gasteiger partial charge in [-0.2, -0.15) is 5.10 Å². The molecule has 1 fully saturated rings. The molecule has 2 atom stereocenters. The van der Waals surface area contributed by atoms with Gasteiger partial charge in [-0.3, -0.25) is 14.6 Å². The SMILES string of the molecule is CC(N/N=C/c1ccc(C2=NOC(CN3CCN(CC(=O)O)CC3)C2)cc1)c1ccc(Cl)cc1. The van der Waals surface area contributed by atoms with Crippen molar-refractivity contribution >= 4 is 29.5 Å². The first kappa shape index (κ1) is 24.2. The lowest BCUT2D eigenvalue weighted by Gasteiger charge is -2.34. The molecule has 0 radical (unpaired) electrons. The molecule has 9 heteroatoms. The smallest absolute Gasteiger partial charge is 0.317 e. The van der Waals surface area contributed by atoms with Crippen LogP contribution in [0.25, 0.3) is 0 Å². The fraction of sp³-hybridized carbons (Fsp3) is 0.400. The van der Waals surface area contributed by atoms with Crippen molar-refractivity contribution < 1.29 is 14.7 Å². The van der Waals surface area contributed by atoms with Crippen LogP contribution in [0.3, 0.4) is 0 Å². The number of carboxylic acids is 1. The molecule has 34 heavy (non-hydrogen) atoms. The molecule has 0 saturated carbocycles. The van der Waals surface area contributed by atoms with E-state index in [-0.39, 0.29) is 18.7 Å². The fourth-order valence-corrected chi connectivity index (χ4v) is 4.24. The second kappa shape index (κ2) is 11.5. The summed E-state index contributed by atoms with van der Waals surface area (Å²) in [5.74, 6) is -0.772. The molecule has 2 aromatic rings. The predicted molar refractivity (Wildman–Crippen MR) is 134 cm³/mol. The number of nitrogens with one attached hydrogen (secondary N) is 1. The molecule has 0 aliphatic carbocycles. The monoisotopic (exact) mass is 483 g/mol. The molecular formula is C25H30ClN5O3. The van der Waals surface area contributed by atoms with Gasteiger partial charge in [0.25, 0.3) is 0 Å². The van der Waals surface area contributed by atoms with Crippen LogP contribution in [0.15, 0.2) is 58.8 Å². The van der Waals surface area contributed by atoms with E-state index in [4.69, 9.17) is 21.5 Å². The van der Waals surface area contributed by atoms with Crippen LogP contribution in [0.2, 0.25) is 5.02 Å². The molecule has 2 unspecified atom stereocenters. The zero-order valence-electron chi connectivity index (χ0n) is 19.2. The van der Waals surface area contributed by atoms with Crippen molar-refractivity contribution in [2.45, 2.75) is 25.5 Å². The van der Waals surface area contributed by atoms with Gasteiger partial charge in [0, 0.05) is 44.2 Å². The molecule has 2 heterocycles. The van der Waals surface area contributed by atoms with Crippen LogP contribution in [-0.2, 0) is 9.63 Å². The van der Waals surface area contributed by atoms with Crippen LogP contribution < -0.4 is 5.43 Å². The molecule has 2 N–H and O–H groups in total. The zero-order valence-corrected chi connectivity index (χ0v) is 20.0. The summed E-state index contributed by atoms with van der Waals surface area (Å²) in [6, 6.07) is 15.9. The summed E-state index contributed by atoms with van der Waals surface area (Å²) < 4.78 is 0. The van der Waals surface area contributed by atoms with Crippen LogP contribution in [0.5, 0.6) is 0 Å². The summed E-state index contributed by atoms with van der Waals surface area (Å²) in [5, 5.41) is 18.3. The summed E-state index contributed by atoms with van der Waals surface area (Å²) in [6.07, 6.45) is 2.60. The third-order valence-electron chi connectivity index (χ3n) is 6.11. The average molecular weight is 484 g/mol. The summed E-state index contributed by atoms with van der Waals surface area (Å²) in [4.78, 5) is 20.8. The molecule has 8 nitrogen and oxygen atoms in total. The van der Waals surface area contributed by atoms with E-state index in [0.717, 1.165) is 66.6 Å². The number of hydrogen-bond acceptors (Lipinski definition) is 7. The quantitative estimate of drug-likeness (QED) is 0.420. The maximum absolute atomic E-state index is 10.9. The highest BCUT2D eigenvalue weighted by Gasteiger charge is 2.26.